The summed E-state index contributed by atoms with van der Waals surface area (Å²) in [5.41, 5.74) is 0. The molecule has 1 unspecified atom stereocenters. The number of carboxylic acid groups (broad SMARTS) is 1. The Kier molecular flexibility index (Phi) is 17.3. The van der Waals surface area contributed by atoms with E-state index in [4.69, 9.17) is 9.84 Å². The number of aliphatic carboxylic acids is 1. The molecule has 0 heterocycles. The second kappa shape index (κ2) is 17.8. The second-order valence-electron chi connectivity index (χ2n) is 6.80. The zero-order chi connectivity index (χ0) is 17.2. The SMILES string of the molecule is CCCCCCCCCCCCCCCCCC(OC)C(=O)O. The third-order valence-corrected chi connectivity index (χ3v) is 4.63. The first-order valence-corrected chi connectivity index (χ1v) is 9.98. The van der Waals surface area contributed by atoms with Crippen molar-refractivity contribution in [3.8, 4) is 0 Å². The molecule has 0 saturated carbocycles. The first kappa shape index (κ1) is 22.4. The minimum absolute atomic E-state index is 0.614. The number of ether oxygens (including phenoxy) is 1. The molecule has 0 spiro atoms. The predicted molar refractivity (Wildman–Crippen MR) is 98.0 cm³/mol. The molecule has 0 aliphatic heterocycles. The van der Waals surface area contributed by atoms with Gasteiger partial charge in [0.25, 0.3) is 0 Å². The van der Waals surface area contributed by atoms with E-state index in [1.54, 1.807) is 0 Å². The van der Waals surface area contributed by atoms with Crippen LogP contribution in [0.5, 0.6) is 0 Å². The number of methoxy groups -OCH3 is 1. The highest BCUT2D eigenvalue weighted by Crippen LogP contribution is 2.14. The molecule has 0 amide bonds. The van der Waals surface area contributed by atoms with Gasteiger partial charge in [0.05, 0.1) is 0 Å². The van der Waals surface area contributed by atoms with Gasteiger partial charge in [-0.1, -0.05) is 103 Å². The molecular weight excluding hydrogens is 288 g/mol. The van der Waals surface area contributed by atoms with Crippen LogP contribution >= 0.6 is 0 Å². The Morgan fingerprint density at radius 2 is 1.09 bits per heavy atom. The molecule has 0 aromatic carbocycles. The summed E-state index contributed by atoms with van der Waals surface area (Å²) < 4.78 is 4.93. The topological polar surface area (TPSA) is 46.5 Å². The van der Waals surface area contributed by atoms with Crippen molar-refractivity contribution in [1.82, 2.24) is 0 Å². The Labute approximate surface area is 144 Å². The van der Waals surface area contributed by atoms with Gasteiger partial charge in [0.15, 0.2) is 6.10 Å². The van der Waals surface area contributed by atoms with Crippen LogP contribution in [0.3, 0.4) is 0 Å². The zero-order valence-electron chi connectivity index (χ0n) is 15.7. The van der Waals surface area contributed by atoms with E-state index in [0.717, 1.165) is 12.8 Å². The van der Waals surface area contributed by atoms with Gasteiger partial charge in [0, 0.05) is 7.11 Å². The molecule has 0 aromatic rings. The molecule has 0 aliphatic carbocycles. The van der Waals surface area contributed by atoms with Crippen LogP contribution in [0, 0.1) is 0 Å². The van der Waals surface area contributed by atoms with Crippen molar-refractivity contribution in [2.24, 2.45) is 0 Å². The summed E-state index contributed by atoms with van der Waals surface area (Å²) in [6.45, 7) is 2.27. The molecular formula is C20H40O3. The van der Waals surface area contributed by atoms with Crippen molar-refractivity contribution in [2.75, 3.05) is 7.11 Å². The van der Waals surface area contributed by atoms with Gasteiger partial charge in [0.1, 0.15) is 0 Å². The number of carboxylic acids is 1. The minimum Gasteiger partial charge on any atom is -0.479 e. The van der Waals surface area contributed by atoms with Gasteiger partial charge >= 0.3 is 5.97 Å². The smallest absolute Gasteiger partial charge is 0.332 e. The van der Waals surface area contributed by atoms with Crippen molar-refractivity contribution in [3.63, 3.8) is 0 Å². The van der Waals surface area contributed by atoms with E-state index in [1.165, 1.54) is 90.6 Å². The number of rotatable bonds is 18. The Morgan fingerprint density at radius 3 is 1.39 bits per heavy atom. The molecule has 3 nitrogen and oxygen atoms in total. The number of carbonyl (C=O) groups is 1. The van der Waals surface area contributed by atoms with Gasteiger partial charge in [-0.3, -0.25) is 0 Å². The molecule has 0 aliphatic rings. The summed E-state index contributed by atoms with van der Waals surface area (Å²) in [7, 11) is 1.48. The summed E-state index contributed by atoms with van der Waals surface area (Å²) in [4.78, 5) is 10.8. The quantitative estimate of drug-likeness (QED) is 0.298. The van der Waals surface area contributed by atoms with Crippen LogP contribution in [0.15, 0.2) is 0 Å². The number of hydrogen-bond donors (Lipinski definition) is 1. The Balaban J connectivity index is 3.12. The molecule has 0 fully saturated rings. The van der Waals surface area contributed by atoms with Crippen molar-refractivity contribution in [1.29, 1.82) is 0 Å². The standard InChI is InChI=1S/C20H40O3/c1-3-4-5-6-7-8-9-10-11-12-13-14-15-16-17-18-19(23-2)20(21)22/h19H,3-18H2,1-2H3,(H,21,22). The first-order valence-electron chi connectivity index (χ1n) is 9.98. The van der Waals surface area contributed by atoms with Crippen molar-refractivity contribution < 1.29 is 14.6 Å². The largest absolute Gasteiger partial charge is 0.479 e. The van der Waals surface area contributed by atoms with E-state index in [0.29, 0.717) is 6.42 Å². The maximum Gasteiger partial charge on any atom is 0.332 e. The number of unbranched alkanes of at least 4 members (excludes halogenated alkanes) is 14. The van der Waals surface area contributed by atoms with Crippen LogP contribution in [0.2, 0.25) is 0 Å². The van der Waals surface area contributed by atoms with Gasteiger partial charge in [-0.05, 0) is 6.42 Å². The monoisotopic (exact) mass is 328 g/mol. The van der Waals surface area contributed by atoms with E-state index in [2.05, 4.69) is 6.92 Å². The zero-order valence-corrected chi connectivity index (χ0v) is 15.7. The van der Waals surface area contributed by atoms with Crippen molar-refractivity contribution >= 4 is 5.97 Å². The van der Waals surface area contributed by atoms with Gasteiger partial charge in [0.2, 0.25) is 0 Å². The molecule has 23 heavy (non-hydrogen) atoms. The van der Waals surface area contributed by atoms with Crippen LogP contribution in [0.1, 0.15) is 110 Å². The molecule has 0 bridgehead atoms. The molecule has 0 saturated heterocycles. The van der Waals surface area contributed by atoms with Crippen LogP contribution in [-0.2, 0) is 9.53 Å². The van der Waals surface area contributed by atoms with Crippen LogP contribution in [-0.4, -0.2) is 24.3 Å². The number of hydrogen-bond acceptors (Lipinski definition) is 2. The average molecular weight is 329 g/mol. The van der Waals surface area contributed by atoms with E-state index in [9.17, 15) is 4.79 Å². The highest BCUT2D eigenvalue weighted by Gasteiger charge is 2.14. The molecule has 0 radical (unpaired) electrons. The fourth-order valence-corrected chi connectivity index (χ4v) is 3.04. The third-order valence-electron chi connectivity index (χ3n) is 4.63. The van der Waals surface area contributed by atoms with E-state index >= 15 is 0 Å². The van der Waals surface area contributed by atoms with Crippen LogP contribution in [0.25, 0.3) is 0 Å². The fourth-order valence-electron chi connectivity index (χ4n) is 3.04. The van der Waals surface area contributed by atoms with E-state index < -0.39 is 12.1 Å². The lowest BCUT2D eigenvalue weighted by atomic mass is 10.0. The van der Waals surface area contributed by atoms with Crippen LogP contribution in [0.4, 0.5) is 0 Å². The molecule has 0 rings (SSSR count). The summed E-state index contributed by atoms with van der Waals surface area (Å²) in [5.74, 6) is -0.835. The highest BCUT2D eigenvalue weighted by atomic mass is 16.5. The summed E-state index contributed by atoms with van der Waals surface area (Å²) >= 11 is 0. The Morgan fingerprint density at radius 1 is 0.739 bits per heavy atom. The molecule has 0 aromatic heterocycles. The highest BCUT2D eigenvalue weighted by molar-refractivity contribution is 5.72. The second-order valence-corrected chi connectivity index (χ2v) is 6.80. The summed E-state index contributed by atoms with van der Waals surface area (Å²) in [5, 5.41) is 8.86. The Hall–Kier alpha value is -0.570. The molecule has 3 heteroatoms. The lowest BCUT2D eigenvalue weighted by Gasteiger charge is -2.09. The lowest BCUT2D eigenvalue weighted by Crippen LogP contribution is -2.21. The maximum atomic E-state index is 10.8. The minimum atomic E-state index is -0.835. The van der Waals surface area contributed by atoms with Gasteiger partial charge in [-0.2, -0.15) is 0 Å². The first-order chi connectivity index (χ1) is 11.2. The Bertz CT molecular complexity index is 253. The maximum absolute atomic E-state index is 10.8. The molecule has 1 atom stereocenters. The van der Waals surface area contributed by atoms with Crippen molar-refractivity contribution in [2.45, 2.75) is 116 Å². The van der Waals surface area contributed by atoms with E-state index in [-0.39, 0.29) is 0 Å². The van der Waals surface area contributed by atoms with Gasteiger partial charge in [-0.15, -0.1) is 0 Å². The van der Waals surface area contributed by atoms with Crippen molar-refractivity contribution in [3.05, 3.63) is 0 Å². The fraction of sp³-hybridized carbons (Fsp3) is 0.950. The van der Waals surface area contributed by atoms with E-state index in [1.807, 2.05) is 0 Å². The molecule has 138 valence electrons. The normalized spacial score (nSPS) is 12.4. The summed E-state index contributed by atoms with van der Waals surface area (Å²) in [6.07, 6.45) is 20.0. The summed E-state index contributed by atoms with van der Waals surface area (Å²) in [6, 6.07) is 0. The van der Waals surface area contributed by atoms with Gasteiger partial charge < -0.3 is 9.84 Å². The lowest BCUT2D eigenvalue weighted by molar-refractivity contribution is -0.148. The predicted octanol–water partition coefficient (Wildman–Crippen LogP) is 6.35. The third kappa shape index (κ3) is 16.1. The van der Waals surface area contributed by atoms with Gasteiger partial charge in [-0.25, -0.2) is 4.79 Å². The average Bonchev–Trinajstić information content (AvgIpc) is 2.54. The van der Waals surface area contributed by atoms with Crippen LogP contribution < -0.4 is 0 Å². The molecule has 1 N–H and O–H groups in total.